The van der Waals surface area contributed by atoms with Crippen molar-refractivity contribution >= 4 is 17.3 Å². The number of nitrogens with zero attached hydrogens (tertiary/aromatic N) is 1. The van der Waals surface area contributed by atoms with Gasteiger partial charge >= 0.3 is 5.97 Å². The Morgan fingerprint density at radius 2 is 2.00 bits per heavy atom. The maximum Gasteiger partial charge on any atom is 0.335 e. The maximum atomic E-state index is 13.5. The molecular formula is C25H33FN2O4. The Morgan fingerprint density at radius 3 is 2.72 bits per heavy atom. The number of benzene rings is 2. The largest absolute Gasteiger partial charge is 0.487 e. The van der Waals surface area contributed by atoms with Gasteiger partial charge in [-0.1, -0.05) is 12.1 Å². The van der Waals surface area contributed by atoms with Crippen LogP contribution >= 0.6 is 0 Å². The van der Waals surface area contributed by atoms with Crippen LogP contribution in [0.2, 0.25) is 0 Å². The van der Waals surface area contributed by atoms with Gasteiger partial charge in [0.2, 0.25) is 0 Å². The molecule has 3 rings (SSSR count). The van der Waals surface area contributed by atoms with Gasteiger partial charge in [-0.05, 0) is 57.0 Å². The number of fused-ring (bicyclic) bond motifs is 1. The summed E-state index contributed by atoms with van der Waals surface area (Å²) < 4.78 is 29.9. The molecule has 2 aromatic rings. The third-order valence-corrected chi connectivity index (χ3v) is 5.29. The smallest absolute Gasteiger partial charge is 0.335 e. The minimum Gasteiger partial charge on any atom is -0.487 e. The van der Waals surface area contributed by atoms with E-state index in [0.717, 1.165) is 43.0 Å². The SMILES string of the molecule is CCOC(=O)C(Cc1ccc(NCCCN2CC(C)Oc3cc(F)ccc32)cc1)OCC. The van der Waals surface area contributed by atoms with Crippen molar-refractivity contribution in [2.45, 2.75) is 45.8 Å². The Labute approximate surface area is 189 Å². The molecule has 2 atom stereocenters. The third-order valence-electron chi connectivity index (χ3n) is 5.29. The van der Waals surface area contributed by atoms with E-state index >= 15 is 0 Å². The molecule has 0 aromatic heterocycles. The number of rotatable bonds is 11. The molecule has 0 saturated heterocycles. The van der Waals surface area contributed by atoms with Crippen molar-refractivity contribution in [2.75, 3.05) is 43.1 Å². The number of nitrogens with one attached hydrogen (secondary N) is 1. The molecule has 0 bridgehead atoms. The molecule has 0 aliphatic carbocycles. The number of carbonyl (C=O) groups is 1. The van der Waals surface area contributed by atoms with Gasteiger partial charge in [0, 0.05) is 37.9 Å². The van der Waals surface area contributed by atoms with E-state index in [1.165, 1.54) is 12.1 Å². The van der Waals surface area contributed by atoms with Crippen LogP contribution in [0.15, 0.2) is 42.5 Å². The van der Waals surface area contributed by atoms with Crippen LogP contribution in [0.25, 0.3) is 0 Å². The molecule has 6 nitrogen and oxygen atoms in total. The lowest BCUT2D eigenvalue weighted by Gasteiger charge is -2.35. The standard InChI is InChI=1S/C25H33FN2O4/c1-4-30-24(25(29)31-5-2)15-19-7-10-21(11-8-19)27-13-6-14-28-17-18(3)32-23-16-20(26)9-12-22(23)28/h7-12,16,18,24,27H,4-6,13-15,17H2,1-3H3. The summed E-state index contributed by atoms with van der Waals surface area (Å²) in [4.78, 5) is 14.3. The van der Waals surface area contributed by atoms with Crippen LogP contribution in [0.5, 0.6) is 5.75 Å². The zero-order valence-corrected chi connectivity index (χ0v) is 19.1. The number of hydrogen-bond acceptors (Lipinski definition) is 6. The highest BCUT2D eigenvalue weighted by atomic mass is 19.1. The van der Waals surface area contributed by atoms with Gasteiger partial charge < -0.3 is 24.4 Å². The molecule has 0 spiro atoms. The summed E-state index contributed by atoms with van der Waals surface area (Å²) in [5.41, 5.74) is 2.99. The van der Waals surface area contributed by atoms with Crippen molar-refractivity contribution in [3.8, 4) is 5.75 Å². The molecule has 0 radical (unpaired) electrons. The van der Waals surface area contributed by atoms with Gasteiger partial charge in [-0.15, -0.1) is 0 Å². The number of ether oxygens (including phenoxy) is 3. The van der Waals surface area contributed by atoms with Gasteiger partial charge in [-0.25, -0.2) is 9.18 Å². The zero-order chi connectivity index (χ0) is 22.9. The predicted octanol–water partition coefficient (Wildman–Crippen LogP) is 4.43. The Balaban J connectivity index is 1.47. The topological polar surface area (TPSA) is 60.0 Å². The van der Waals surface area contributed by atoms with Crippen LogP contribution in [-0.2, 0) is 20.7 Å². The highest BCUT2D eigenvalue weighted by molar-refractivity contribution is 5.75. The van der Waals surface area contributed by atoms with Crippen molar-refractivity contribution in [3.05, 3.63) is 53.8 Å². The molecule has 32 heavy (non-hydrogen) atoms. The number of carbonyl (C=O) groups excluding carboxylic acids is 1. The highest BCUT2D eigenvalue weighted by Gasteiger charge is 2.23. The summed E-state index contributed by atoms with van der Waals surface area (Å²) in [6, 6.07) is 12.7. The Kier molecular flexibility index (Phi) is 8.73. The molecule has 1 heterocycles. The number of hydrogen-bond donors (Lipinski definition) is 1. The summed E-state index contributed by atoms with van der Waals surface area (Å²) in [6.45, 7) is 8.92. The summed E-state index contributed by atoms with van der Waals surface area (Å²) in [5.74, 6) is 0.0107. The number of esters is 1. The van der Waals surface area contributed by atoms with Crippen LogP contribution in [0.1, 0.15) is 32.8 Å². The van der Waals surface area contributed by atoms with Crippen molar-refractivity contribution in [1.82, 2.24) is 0 Å². The van der Waals surface area contributed by atoms with Crippen LogP contribution < -0.4 is 15.0 Å². The molecule has 1 N–H and O–H groups in total. The monoisotopic (exact) mass is 444 g/mol. The van der Waals surface area contributed by atoms with E-state index < -0.39 is 6.10 Å². The summed E-state index contributed by atoms with van der Waals surface area (Å²) >= 11 is 0. The fourth-order valence-electron chi connectivity index (χ4n) is 3.84. The average molecular weight is 445 g/mol. The normalized spacial score (nSPS) is 16.1. The van der Waals surface area contributed by atoms with Gasteiger partial charge in [0.15, 0.2) is 6.10 Å². The van der Waals surface area contributed by atoms with Crippen molar-refractivity contribution < 1.29 is 23.4 Å². The van der Waals surface area contributed by atoms with E-state index in [2.05, 4.69) is 10.2 Å². The number of halogens is 1. The molecule has 2 aromatic carbocycles. The zero-order valence-electron chi connectivity index (χ0n) is 19.1. The second-order valence-corrected chi connectivity index (χ2v) is 7.86. The molecular weight excluding hydrogens is 411 g/mol. The van der Waals surface area contributed by atoms with Gasteiger partial charge in [0.25, 0.3) is 0 Å². The molecule has 1 aliphatic heterocycles. The van der Waals surface area contributed by atoms with E-state index in [4.69, 9.17) is 14.2 Å². The van der Waals surface area contributed by atoms with Crippen molar-refractivity contribution in [2.24, 2.45) is 0 Å². The molecule has 0 amide bonds. The van der Waals surface area contributed by atoms with Gasteiger partial charge in [-0.2, -0.15) is 0 Å². The minimum absolute atomic E-state index is 0.0277. The maximum absolute atomic E-state index is 13.5. The quantitative estimate of drug-likeness (QED) is 0.409. The van der Waals surface area contributed by atoms with E-state index in [0.29, 0.717) is 25.4 Å². The first-order chi connectivity index (χ1) is 15.5. The fraction of sp³-hybridized carbons (Fsp3) is 0.480. The first-order valence-electron chi connectivity index (χ1n) is 11.3. The second-order valence-electron chi connectivity index (χ2n) is 7.86. The molecule has 0 saturated carbocycles. The van der Waals surface area contributed by atoms with Crippen LogP contribution in [0.4, 0.5) is 15.8 Å². The fourth-order valence-corrected chi connectivity index (χ4v) is 3.84. The van der Waals surface area contributed by atoms with Crippen LogP contribution in [0.3, 0.4) is 0 Å². The molecule has 7 heteroatoms. The summed E-state index contributed by atoms with van der Waals surface area (Å²) in [6.07, 6.45) is 0.869. The lowest BCUT2D eigenvalue weighted by Crippen LogP contribution is -2.39. The van der Waals surface area contributed by atoms with Crippen molar-refractivity contribution in [1.29, 1.82) is 0 Å². The van der Waals surface area contributed by atoms with E-state index in [-0.39, 0.29) is 17.9 Å². The second kappa shape index (κ2) is 11.7. The Bertz CT molecular complexity index is 875. The molecule has 174 valence electrons. The van der Waals surface area contributed by atoms with Crippen LogP contribution in [0, 0.1) is 5.82 Å². The minimum atomic E-state index is -0.578. The molecule has 2 unspecified atom stereocenters. The Morgan fingerprint density at radius 1 is 1.22 bits per heavy atom. The summed E-state index contributed by atoms with van der Waals surface area (Å²) in [7, 11) is 0. The predicted molar refractivity (Wildman–Crippen MR) is 124 cm³/mol. The number of anilines is 2. The van der Waals surface area contributed by atoms with Crippen LogP contribution in [-0.4, -0.2) is 51.0 Å². The third kappa shape index (κ3) is 6.60. The van der Waals surface area contributed by atoms with E-state index in [1.807, 2.05) is 38.1 Å². The van der Waals surface area contributed by atoms with Gasteiger partial charge in [0.1, 0.15) is 17.7 Å². The highest BCUT2D eigenvalue weighted by Crippen LogP contribution is 2.34. The summed E-state index contributed by atoms with van der Waals surface area (Å²) in [5, 5.41) is 3.44. The van der Waals surface area contributed by atoms with Gasteiger partial charge in [0.05, 0.1) is 18.8 Å². The van der Waals surface area contributed by atoms with E-state index in [9.17, 15) is 9.18 Å². The Hall–Kier alpha value is -2.80. The lowest BCUT2D eigenvalue weighted by atomic mass is 10.1. The average Bonchev–Trinajstić information content (AvgIpc) is 2.77. The lowest BCUT2D eigenvalue weighted by molar-refractivity contribution is -0.156. The molecule has 1 aliphatic rings. The first kappa shape index (κ1) is 23.9. The van der Waals surface area contributed by atoms with Crippen molar-refractivity contribution in [3.63, 3.8) is 0 Å². The molecule has 0 fully saturated rings. The van der Waals surface area contributed by atoms with Gasteiger partial charge in [-0.3, -0.25) is 0 Å². The first-order valence-corrected chi connectivity index (χ1v) is 11.3. The van der Waals surface area contributed by atoms with E-state index in [1.54, 1.807) is 13.0 Å².